The van der Waals surface area contributed by atoms with Crippen molar-refractivity contribution in [2.75, 3.05) is 0 Å². The number of ether oxygens (including phenoxy) is 1. The van der Waals surface area contributed by atoms with Crippen LogP contribution in [0, 0.1) is 5.82 Å². The molecule has 0 fully saturated rings. The highest BCUT2D eigenvalue weighted by molar-refractivity contribution is 5.93. The first-order valence-corrected chi connectivity index (χ1v) is 6.26. The van der Waals surface area contributed by atoms with Crippen LogP contribution in [0.1, 0.15) is 15.9 Å². The van der Waals surface area contributed by atoms with Gasteiger partial charge in [0.2, 0.25) is 0 Å². The lowest BCUT2D eigenvalue weighted by Gasteiger charge is -2.05. The lowest BCUT2D eigenvalue weighted by Crippen LogP contribution is -1.98. The van der Waals surface area contributed by atoms with Crippen molar-refractivity contribution >= 4 is 16.9 Å². The SMILES string of the molecule is O=C(O)c1ccc2occ(COc3ccccc3F)c2c1. The molecular formula is C16H11FO4. The molecule has 21 heavy (non-hydrogen) atoms. The maximum absolute atomic E-state index is 13.5. The average molecular weight is 286 g/mol. The van der Waals surface area contributed by atoms with Gasteiger partial charge in [0.1, 0.15) is 12.2 Å². The molecule has 0 bridgehead atoms. The monoisotopic (exact) mass is 286 g/mol. The Hall–Kier alpha value is -2.82. The van der Waals surface area contributed by atoms with Crippen molar-refractivity contribution in [3.63, 3.8) is 0 Å². The summed E-state index contributed by atoms with van der Waals surface area (Å²) in [6.45, 7) is 0.0943. The van der Waals surface area contributed by atoms with Crippen LogP contribution in [0.3, 0.4) is 0 Å². The number of carboxylic acid groups (broad SMARTS) is 1. The molecule has 0 saturated heterocycles. The van der Waals surface area contributed by atoms with Gasteiger partial charge in [-0.15, -0.1) is 0 Å². The third-order valence-corrected chi connectivity index (χ3v) is 3.12. The minimum Gasteiger partial charge on any atom is -0.486 e. The fourth-order valence-electron chi connectivity index (χ4n) is 2.04. The molecule has 0 aliphatic carbocycles. The number of hydrogen-bond acceptors (Lipinski definition) is 3. The number of halogens is 1. The summed E-state index contributed by atoms with van der Waals surface area (Å²) in [6.07, 6.45) is 1.48. The Labute approximate surface area is 119 Å². The van der Waals surface area contributed by atoms with Crippen LogP contribution in [-0.2, 0) is 6.61 Å². The highest BCUT2D eigenvalue weighted by atomic mass is 19.1. The second kappa shape index (κ2) is 5.28. The molecule has 0 radical (unpaired) electrons. The quantitative estimate of drug-likeness (QED) is 0.791. The second-order valence-electron chi connectivity index (χ2n) is 4.50. The molecule has 0 saturated carbocycles. The zero-order valence-electron chi connectivity index (χ0n) is 10.9. The first-order chi connectivity index (χ1) is 10.1. The van der Waals surface area contributed by atoms with Crippen LogP contribution < -0.4 is 4.74 Å². The summed E-state index contributed by atoms with van der Waals surface area (Å²) in [5, 5.41) is 9.65. The van der Waals surface area contributed by atoms with Crippen LogP contribution in [-0.4, -0.2) is 11.1 Å². The summed E-state index contributed by atoms with van der Waals surface area (Å²) >= 11 is 0. The highest BCUT2D eigenvalue weighted by Crippen LogP contribution is 2.25. The van der Waals surface area contributed by atoms with Crippen LogP contribution in [0.25, 0.3) is 11.0 Å². The van der Waals surface area contributed by atoms with Crippen LogP contribution in [0.5, 0.6) is 5.75 Å². The maximum Gasteiger partial charge on any atom is 0.335 e. The zero-order valence-corrected chi connectivity index (χ0v) is 10.9. The zero-order chi connectivity index (χ0) is 14.8. The molecule has 4 nitrogen and oxygen atoms in total. The van der Waals surface area contributed by atoms with Crippen LogP contribution in [0.15, 0.2) is 53.1 Å². The first kappa shape index (κ1) is 13.2. The number of para-hydroxylation sites is 1. The van der Waals surface area contributed by atoms with E-state index in [-0.39, 0.29) is 17.9 Å². The van der Waals surface area contributed by atoms with Crippen LogP contribution >= 0.6 is 0 Å². The van der Waals surface area contributed by atoms with E-state index in [4.69, 9.17) is 14.3 Å². The van der Waals surface area contributed by atoms with E-state index in [0.717, 1.165) is 0 Å². The number of carboxylic acids is 1. The van der Waals surface area contributed by atoms with Gasteiger partial charge in [-0.3, -0.25) is 0 Å². The molecule has 106 valence electrons. The van der Waals surface area contributed by atoms with Gasteiger partial charge in [0.05, 0.1) is 11.8 Å². The Kier molecular flexibility index (Phi) is 3.31. The molecule has 3 rings (SSSR count). The Morgan fingerprint density at radius 1 is 1.24 bits per heavy atom. The van der Waals surface area contributed by atoms with Gasteiger partial charge in [0.15, 0.2) is 11.6 Å². The predicted octanol–water partition coefficient (Wildman–Crippen LogP) is 3.85. The molecule has 5 heteroatoms. The van der Waals surface area contributed by atoms with Crippen molar-refractivity contribution in [2.24, 2.45) is 0 Å². The summed E-state index contributed by atoms with van der Waals surface area (Å²) < 4.78 is 24.2. The third-order valence-electron chi connectivity index (χ3n) is 3.12. The van der Waals surface area contributed by atoms with Gasteiger partial charge in [-0.2, -0.15) is 0 Å². The number of fused-ring (bicyclic) bond motifs is 1. The number of aromatic carboxylic acids is 1. The van der Waals surface area contributed by atoms with Crippen molar-refractivity contribution in [3.05, 3.63) is 65.7 Å². The molecule has 0 aliphatic rings. The highest BCUT2D eigenvalue weighted by Gasteiger charge is 2.11. The normalized spacial score (nSPS) is 10.7. The Morgan fingerprint density at radius 2 is 2.05 bits per heavy atom. The fourth-order valence-corrected chi connectivity index (χ4v) is 2.04. The smallest absolute Gasteiger partial charge is 0.335 e. The lowest BCUT2D eigenvalue weighted by molar-refractivity contribution is 0.0697. The topological polar surface area (TPSA) is 59.7 Å². The minimum absolute atomic E-state index is 0.0943. The molecule has 3 aromatic rings. The van der Waals surface area contributed by atoms with Gasteiger partial charge in [0.25, 0.3) is 0 Å². The molecule has 2 aromatic carbocycles. The van der Waals surface area contributed by atoms with Crippen LogP contribution in [0.2, 0.25) is 0 Å². The summed E-state index contributed by atoms with van der Waals surface area (Å²) in [6, 6.07) is 10.7. The Bertz CT molecular complexity index is 807. The Balaban J connectivity index is 1.89. The predicted molar refractivity (Wildman–Crippen MR) is 73.9 cm³/mol. The van der Waals surface area contributed by atoms with Crippen molar-refractivity contribution in [2.45, 2.75) is 6.61 Å². The van der Waals surface area contributed by atoms with Gasteiger partial charge < -0.3 is 14.3 Å². The van der Waals surface area contributed by atoms with Crippen molar-refractivity contribution in [1.82, 2.24) is 0 Å². The van der Waals surface area contributed by atoms with E-state index in [2.05, 4.69) is 0 Å². The van der Waals surface area contributed by atoms with E-state index in [0.29, 0.717) is 16.5 Å². The minimum atomic E-state index is -1.01. The third kappa shape index (κ3) is 2.58. The van der Waals surface area contributed by atoms with Gasteiger partial charge in [-0.1, -0.05) is 12.1 Å². The molecule has 0 spiro atoms. The molecule has 0 aliphatic heterocycles. The standard InChI is InChI=1S/C16H11FO4/c17-13-3-1-2-4-15(13)21-9-11-8-20-14-6-5-10(16(18)19)7-12(11)14/h1-8H,9H2,(H,18,19). The van der Waals surface area contributed by atoms with Gasteiger partial charge in [0, 0.05) is 10.9 Å². The van der Waals surface area contributed by atoms with Gasteiger partial charge in [-0.25, -0.2) is 9.18 Å². The largest absolute Gasteiger partial charge is 0.486 e. The summed E-state index contributed by atoms with van der Waals surface area (Å²) in [4.78, 5) is 11.0. The number of furan rings is 1. The average Bonchev–Trinajstić information content (AvgIpc) is 2.88. The number of carbonyl (C=O) groups is 1. The summed E-state index contributed by atoms with van der Waals surface area (Å²) in [7, 11) is 0. The van der Waals surface area contributed by atoms with Gasteiger partial charge >= 0.3 is 5.97 Å². The van der Waals surface area contributed by atoms with E-state index < -0.39 is 11.8 Å². The fraction of sp³-hybridized carbons (Fsp3) is 0.0625. The van der Waals surface area contributed by atoms with E-state index in [1.54, 1.807) is 18.2 Å². The first-order valence-electron chi connectivity index (χ1n) is 6.26. The van der Waals surface area contributed by atoms with E-state index in [1.807, 2.05) is 0 Å². The Morgan fingerprint density at radius 3 is 2.81 bits per heavy atom. The number of benzene rings is 2. The molecule has 1 heterocycles. The van der Waals surface area contributed by atoms with E-state index in [1.165, 1.54) is 30.5 Å². The second-order valence-corrected chi connectivity index (χ2v) is 4.50. The van der Waals surface area contributed by atoms with Crippen LogP contribution in [0.4, 0.5) is 4.39 Å². The number of rotatable bonds is 4. The molecular weight excluding hydrogens is 275 g/mol. The van der Waals surface area contributed by atoms with E-state index >= 15 is 0 Å². The van der Waals surface area contributed by atoms with Crippen molar-refractivity contribution in [1.29, 1.82) is 0 Å². The van der Waals surface area contributed by atoms with Crippen molar-refractivity contribution in [3.8, 4) is 5.75 Å². The summed E-state index contributed by atoms with van der Waals surface area (Å²) in [5.41, 5.74) is 1.39. The van der Waals surface area contributed by atoms with Gasteiger partial charge in [-0.05, 0) is 30.3 Å². The lowest BCUT2D eigenvalue weighted by atomic mass is 10.1. The summed E-state index contributed by atoms with van der Waals surface area (Å²) in [5.74, 6) is -1.32. The van der Waals surface area contributed by atoms with E-state index in [9.17, 15) is 9.18 Å². The molecule has 1 aromatic heterocycles. The molecule has 0 atom stereocenters. The maximum atomic E-state index is 13.5. The van der Waals surface area contributed by atoms with Crippen molar-refractivity contribution < 1.29 is 23.4 Å². The molecule has 1 N–H and O–H groups in total. The molecule has 0 amide bonds. The molecule has 0 unspecified atom stereocenters. The number of hydrogen-bond donors (Lipinski definition) is 1.